The molecule has 2 aromatic rings. The Balaban J connectivity index is 1.62. The molecule has 0 unspecified atom stereocenters. The Morgan fingerprint density at radius 1 is 1.28 bits per heavy atom. The van der Waals surface area contributed by atoms with Gasteiger partial charge in [0.2, 0.25) is 14.9 Å². The molecular formula is C25H29NO5S. The predicted octanol–water partition coefficient (Wildman–Crippen LogP) is 3.97. The van der Waals surface area contributed by atoms with Crippen molar-refractivity contribution in [3.8, 4) is 6.07 Å². The second-order valence-electron chi connectivity index (χ2n) is 9.73. The van der Waals surface area contributed by atoms with Gasteiger partial charge in [-0.3, -0.25) is 4.79 Å². The van der Waals surface area contributed by atoms with Crippen LogP contribution >= 0.6 is 0 Å². The number of hydrogen-bond acceptors (Lipinski definition) is 6. The molecular weight excluding hydrogens is 426 g/mol. The van der Waals surface area contributed by atoms with Crippen molar-refractivity contribution >= 4 is 15.6 Å². The summed E-state index contributed by atoms with van der Waals surface area (Å²) in [5.41, 5.74) is 3.83. The minimum atomic E-state index is -3.96. The average Bonchev–Trinajstić information content (AvgIpc) is 3.21. The molecule has 4 rings (SSSR count). The highest BCUT2D eigenvalue weighted by molar-refractivity contribution is 7.92. The number of nitriles is 1. The fraction of sp³-hybridized carbons (Fsp3) is 0.520. The van der Waals surface area contributed by atoms with Gasteiger partial charge < -0.3 is 9.52 Å². The van der Waals surface area contributed by atoms with E-state index in [1.165, 1.54) is 26.2 Å². The highest BCUT2D eigenvalue weighted by atomic mass is 32.2. The SMILES string of the molecule is C[C@@H](c1cc(C#N)c2c(c1CC(=O)CS(=O)(=O)c1cc(C(C)(C)O)co1)CCC2)C1CC1. The van der Waals surface area contributed by atoms with Crippen LogP contribution in [0.4, 0.5) is 0 Å². The van der Waals surface area contributed by atoms with Crippen LogP contribution < -0.4 is 0 Å². The highest BCUT2D eigenvalue weighted by Gasteiger charge is 2.34. The lowest BCUT2D eigenvalue weighted by Gasteiger charge is -2.20. The van der Waals surface area contributed by atoms with Crippen molar-refractivity contribution in [2.75, 3.05) is 5.75 Å². The van der Waals surface area contributed by atoms with Gasteiger partial charge in [0.25, 0.3) is 0 Å². The van der Waals surface area contributed by atoms with E-state index in [0.29, 0.717) is 17.0 Å². The van der Waals surface area contributed by atoms with E-state index in [-0.39, 0.29) is 17.4 Å². The summed E-state index contributed by atoms with van der Waals surface area (Å²) in [6.45, 7) is 5.21. The van der Waals surface area contributed by atoms with Crippen LogP contribution in [0.3, 0.4) is 0 Å². The molecule has 1 N–H and O–H groups in total. The normalized spacial score (nSPS) is 17.1. The van der Waals surface area contributed by atoms with Gasteiger partial charge in [0.15, 0.2) is 5.78 Å². The third kappa shape index (κ3) is 4.39. The third-order valence-electron chi connectivity index (χ3n) is 6.81. The van der Waals surface area contributed by atoms with E-state index in [1.807, 2.05) is 6.07 Å². The van der Waals surface area contributed by atoms with Gasteiger partial charge in [-0.25, -0.2) is 8.42 Å². The minimum absolute atomic E-state index is 0.0404. The molecule has 0 saturated heterocycles. The summed E-state index contributed by atoms with van der Waals surface area (Å²) in [5.74, 6) is -0.249. The predicted molar refractivity (Wildman–Crippen MR) is 119 cm³/mol. The van der Waals surface area contributed by atoms with Crippen molar-refractivity contribution in [3.05, 3.63) is 51.8 Å². The van der Waals surface area contributed by atoms with E-state index in [0.717, 1.165) is 54.4 Å². The van der Waals surface area contributed by atoms with Crippen molar-refractivity contribution < 1.29 is 22.7 Å². The highest BCUT2D eigenvalue weighted by Crippen LogP contribution is 2.45. The van der Waals surface area contributed by atoms with Crippen molar-refractivity contribution in [1.29, 1.82) is 5.26 Å². The van der Waals surface area contributed by atoms with E-state index in [2.05, 4.69) is 13.0 Å². The van der Waals surface area contributed by atoms with Crippen LogP contribution in [0, 0.1) is 17.2 Å². The zero-order valence-electron chi connectivity index (χ0n) is 18.8. The molecule has 2 aliphatic rings. The first kappa shape index (κ1) is 22.8. The van der Waals surface area contributed by atoms with Gasteiger partial charge in [-0.05, 0) is 86.1 Å². The summed E-state index contributed by atoms with van der Waals surface area (Å²) in [6.07, 6.45) is 6.11. The number of sulfone groups is 1. The van der Waals surface area contributed by atoms with Gasteiger partial charge in [0.1, 0.15) is 5.75 Å². The summed E-state index contributed by atoms with van der Waals surface area (Å²) >= 11 is 0. The number of carbonyl (C=O) groups is 1. The number of furan rings is 1. The van der Waals surface area contributed by atoms with Gasteiger partial charge in [0, 0.05) is 18.1 Å². The van der Waals surface area contributed by atoms with Crippen molar-refractivity contribution in [1.82, 2.24) is 0 Å². The number of hydrogen-bond donors (Lipinski definition) is 1. The molecule has 32 heavy (non-hydrogen) atoms. The molecule has 0 aliphatic heterocycles. The Morgan fingerprint density at radius 3 is 2.56 bits per heavy atom. The molecule has 1 atom stereocenters. The smallest absolute Gasteiger partial charge is 0.218 e. The first-order valence-electron chi connectivity index (χ1n) is 11.1. The van der Waals surface area contributed by atoms with Crippen LogP contribution in [0.5, 0.6) is 0 Å². The van der Waals surface area contributed by atoms with Crippen LogP contribution in [0.2, 0.25) is 0 Å². The number of benzene rings is 1. The maximum absolute atomic E-state index is 13.0. The zero-order valence-corrected chi connectivity index (χ0v) is 19.6. The Bertz CT molecular complexity index is 1210. The Kier molecular flexibility index (Phi) is 5.81. The van der Waals surface area contributed by atoms with Gasteiger partial charge in [-0.15, -0.1) is 0 Å². The second-order valence-corrected chi connectivity index (χ2v) is 11.6. The number of rotatable bonds is 8. The van der Waals surface area contributed by atoms with Crippen LogP contribution in [0.1, 0.15) is 79.3 Å². The molecule has 170 valence electrons. The monoisotopic (exact) mass is 455 g/mol. The van der Waals surface area contributed by atoms with E-state index >= 15 is 0 Å². The molecule has 0 spiro atoms. The largest absolute Gasteiger partial charge is 0.453 e. The maximum atomic E-state index is 13.0. The molecule has 0 bridgehead atoms. The summed E-state index contributed by atoms with van der Waals surface area (Å²) in [5, 5.41) is 19.4. The topological polar surface area (TPSA) is 108 Å². The Labute approximate surface area is 189 Å². The lowest BCUT2D eigenvalue weighted by atomic mass is 9.84. The first-order valence-corrected chi connectivity index (χ1v) is 12.8. The van der Waals surface area contributed by atoms with Gasteiger partial charge in [-0.1, -0.05) is 6.92 Å². The molecule has 1 fully saturated rings. The van der Waals surface area contributed by atoms with E-state index in [4.69, 9.17) is 4.42 Å². The van der Waals surface area contributed by atoms with Gasteiger partial charge >= 0.3 is 0 Å². The van der Waals surface area contributed by atoms with E-state index in [1.54, 1.807) is 0 Å². The van der Waals surface area contributed by atoms with E-state index in [9.17, 15) is 23.6 Å². The lowest BCUT2D eigenvalue weighted by molar-refractivity contribution is -0.116. The zero-order chi connectivity index (χ0) is 23.3. The number of fused-ring (bicyclic) bond motifs is 1. The molecule has 2 aliphatic carbocycles. The summed E-state index contributed by atoms with van der Waals surface area (Å²) in [7, 11) is -3.96. The van der Waals surface area contributed by atoms with Crippen molar-refractivity contribution in [2.24, 2.45) is 5.92 Å². The standard InChI is InChI=1S/C25H29NO5S/c1-15(16-7-8-16)22-9-17(12-26)20-5-4-6-21(20)23(22)11-19(27)14-32(29,30)24-10-18(13-31-24)25(2,3)28/h9-10,13,15-16,28H,4-8,11,14H2,1-3H3/t15-/m1/s1. The quantitative estimate of drug-likeness (QED) is 0.645. The maximum Gasteiger partial charge on any atom is 0.218 e. The van der Waals surface area contributed by atoms with Crippen LogP contribution in [0.15, 0.2) is 27.9 Å². The molecule has 0 amide bonds. The molecule has 0 radical (unpaired) electrons. The minimum Gasteiger partial charge on any atom is -0.453 e. The summed E-state index contributed by atoms with van der Waals surface area (Å²) in [6, 6.07) is 5.54. The fourth-order valence-corrected chi connectivity index (χ4v) is 5.94. The third-order valence-corrected chi connectivity index (χ3v) is 8.34. The molecule has 1 aromatic heterocycles. The first-order chi connectivity index (χ1) is 15.0. The van der Waals surface area contributed by atoms with Crippen molar-refractivity contribution in [2.45, 2.75) is 75.9 Å². The molecule has 1 aromatic carbocycles. The molecule has 6 nitrogen and oxygen atoms in total. The van der Waals surface area contributed by atoms with E-state index < -0.39 is 27.0 Å². The van der Waals surface area contributed by atoms with Gasteiger partial charge in [-0.2, -0.15) is 5.26 Å². The average molecular weight is 456 g/mol. The fourth-order valence-electron chi connectivity index (χ4n) is 4.77. The van der Waals surface area contributed by atoms with Crippen LogP contribution in [-0.2, 0) is 39.5 Å². The summed E-state index contributed by atoms with van der Waals surface area (Å²) < 4.78 is 30.8. The van der Waals surface area contributed by atoms with Crippen LogP contribution in [-0.4, -0.2) is 25.1 Å². The van der Waals surface area contributed by atoms with Crippen molar-refractivity contribution in [3.63, 3.8) is 0 Å². The lowest BCUT2D eigenvalue weighted by Crippen LogP contribution is -2.20. The molecule has 7 heteroatoms. The second kappa shape index (κ2) is 8.17. The number of Topliss-reactive ketones (excluding diaryl/α,β-unsaturated/α-hetero) is 1. The molecule has 1 saturated carbocycles. The van der Waals surface area contributed by atoms with Crippen LogP contribution in [0.25, 0.3) is 0 Å². The summed E-state index contributed by atoms with van der Waals surface area (Å²) in [4.78, 5) is 13.0. The number of aliphatic hydroxyl groups is 1. The Morgan fingerprint density at radius 2 is 1.97 bits per heavy atom. The van der Waals surface area contributed by atoms with Gasteiger partial charge in [0.05, 0.1) is 23.5 Å². The molecule has 1 heterocycles. The number of ketones is 1. The Hall–Kier alpha value is -2.43. The number of carbonyl (C=O) groups excluding carboxylic acids is 1. The number of nitrogens with zero attached hydrogens (tertiary/aromatic N) is 1.